The monoisotopic (exact) mass is 325 g/mol. The van der Waals surface area contributed by atoms with Gasteiger partial charge >= 0.3 is 0 Å². The molecular formula is C15H20BrNO2. The zero-order chi connectivity index (χ0) is 14.0. The molecule has 1 N–H and O–H groups in total. The van der Waals surface area contributed by atoms with Gasteiger partial charge in [0.25, 0.3) is 0 Å². The first-order valence-electron chi connectivity index (χ1n) is 6.57. The highest BCUT2D eigenvalue weighted by Gasteiger charge is 2.38. The van der Waals surface area contributed by atoms with Crippen molar-refractivity contribution in [2.75, 3.05) is 12.4 Å². The van der Waals surface area contributed by atoms with E-state index in [1.807, 2.05) is 26.0 Å². The van der Waals surface area contributed by atoms with E-state index in [0.29, 0.717) is 6.42 Å². The van der Waals surface area contributed by atoms with Crippen molar-refractivity contribution in [2.24, 2.45) is 0 Å². The molecule has 1 aliphatic carbocycles. The minimum absolute atomic E-state index is 0.0303. The summed E-state index contributed by atoms with van der Waals surface area (Å²) in [6, 6.07) is 3.96. The topological polar surface area (TPSA) is 38.3 Å². The Kier molecular flexibility index (Phi) is 4.31. The van der Waals surface area contributed by atoms with Gasteiger partial charge in [0.2, 0.25) is 5.91 Å². The number of carbonyl (C=O) groups excluding carboxylic acids is 1. The van der Waals surface area contributed by atoms with E-state index in [9.17, 15) is 4.79 Å². The number of ether oxygens (including phenoxy) is 1. The van der Waals surface area contributed by atoms with Gasteiger partial charge in [-0.15, -0.1) is 0 Å². The lowest BCUT2D eigenvalue weighted by molar-refractivity contribution is -0.129. The summed E-state index contributed by atoms with van der Waals surface area (Å²) in [7, 11) is 1.69. The maximum absolute atomic E-state index is 12.1. The lowest BCUT2D eigenvalue weighted by Gasteiger charge is -2.39. The summed E-state index contributed by atoms with van der Waals surface area (Å²) in [6.07, 6.45) is 3.56. The standard InChI is InChI=1S/C15H20BrNO2/c1-10-7-12(8-11(2)14(10)16)17-13(18)9-15(19-3)5-4-6-15/h7-8H,4-6,9H2,1-3H3,(H,17,18). The summed E-state index contributed by atoms with van der Waals surface area (Å²) in [5.41, 5.74) is 2.89. The van der Waals surface area contributed by atoms with Crippen molar-refractivity contribution in [3.8, 4) is 0 Å². The molecule has 1 aromatic carbocycles. The largest absolute Gasteiger partial charge is 0.378 e. The number of hydrogen-bond acceptors (Lipinski definition) is 2. The van der Waals surface area contributed by atoms with Crippen LogP contribution in [0.1, 0.15) is 36.8 Å². The van der Waals surface area contributed by atoms with Crippen LogP contribution in [0.3, 0.4) is 0 Å². The van der Waals surface area contributed by atoms with Gasteiger partial charge in [0, 0.05) is 17.3 Å². The summed E-state index contributed by atoms with van der Waals surface area (Å²) in [5.74, 6) is 0.0303. The first kappa shape index (κ1) is 14.5. The zero-order valence-electron chi connectivity index (χ0n) is 11.7. The number of rotatable bonds is 4. The molecule has 0 aliphatic heterocycles. The van der Waals surface area contributed by atoms with Gasteiger partial charge in [0.05, 0.1) is 12.0 Å². The van der Waals surface area contributed by atoms with Gasteiger partial charge in [-0.1, -0.05) is 15.9 Å². The first-order chi connectivity index (χ1) is 8.96. The van der Waals surface area contributed by atoms with E-state index in [4.69, 9.17) is 4.74 Å². The number of benzene rings is 1. The second-order valence-electron chi connectivity index (χ2n) is 5.39. The highest BCUT2D eigenvalue weighted by Crippen LogP contribution is 2.38. The van der Waals surface area contributed by atoms with Gasteiger partial charge in [-0.25, -0.2) is 0 Å². The lowest BCUT2D eigenvalue weighted by Crippen LogP contribution is -2.42. The summed E-state index contributed by atoms with van der Waals surface area (Å²) in [6.45, 7) is 4.05. The molecule has 3 nitrogen and oxygen atoms in total. The van der Waals surface area contributed by atoms with E-state index in [1.165, 1.54) is 0 Å². The average Bonchev–Trinajstić information content (AvgIpc) is 2.30. The van der Waals surface area contributed by atoms with Crippen molar-refractivity contribution in [1.82, 2.24) is 0 Å². The molecule has 19 heavy (non-hydrogen) atoms. The molecule has 0 atom stereocenters. The van der Waals surface area contributed by atoms with Gasteiger partial charge in [0.1, 0.15) is 0 Å². The average molecular weight is 326 g/mol. The summed E-state index contributed by atoms with van der Waals surface area (Å²) < 4.78 is 6.58. The van der Waals surface area contributed by atoms with Crippen LogP contribution in [0, 0.1) is 13.8 Å². The van der Waals surface area contributed by atoms with E-state index >= 15 is 0 Å². The fraction of sp³-hybridized carbons (Fsp3) is 0.533. The second kappa shape index (κ2) is 5.63. The van der Waals surface area contributed by atoms with Crippen molar-refractivity contribution in [3.05, 3.63) is 27.7 Å². The zero-order valence-corrected chi connectivity index (χ0v) is 13.3. The fourth-order valence-electron chi connectivity index (χ4n) is 2.54. The van der Waals surface area contributed by atoms with Crippen LogP contribution in [-0.2, 0) is 9.53 Å². The van der Waals surface area contributed by atoms with Crippen LogP contribution in [-0.4, -0.2) is 18.6 Å². The molecule has 1 aliphatic rings. The van der Waals surface area contributed by atoms with Crippen LogP contribution >= 0.6 is 15.9 Å². The molecule has 104 valence electrons. The molecule has 0 saturated heterocycles. The van der Waals surface area contributed by atoms with Gasteiger partial charge < -0.3 is 10.1 Å². The number of carbonyl (C=O) groups is 1. The van der Waals surface area contributed by atoms with Crippen LogP contribution in [0.25, 0.3) is 0 Å². The second-order valence-corrected chi connectivity index (χ2v) is 6.18. The molecule has 2 rings (SSSR count). The van der Waals surface area contributed by atoms with Crippen LogP contribution < -0.4 is 5.32 Å². The minimum Gasteiger partial charge on any atom is -0.378 e. The summed E-state index contributed by atoms with van der Waals surface area (Å²) in [5, 5.41) is 2.97. The molecule has 0 heterocycles. The predicted molar refractivity (Wildman–Crippen MR) is 80.5 cm³/mol. The van der Waals surface area contributed by atoms with E-state index < -0.39 is 0 Å². The van der Waals surface area contributed by atoms with Crippen LogP contribution in [0.4, 0.5) is 5.69 Å². The number of amides is 1. The van der Waals surface area contributed by atoms with Crippen molar-refractivity contribution >= 4 is 27.5 Å². The predicted octanol–water partition coefficient (Wildman–Crippen LogP) is 3.96. The number of aryl methyl sites for hydroxylation is 2. The van der Waals surface area contributed by atoms with E-state index in [0.717, 1.165) is 40.5 Å². The number of halogens is 1. The molecule has 1 amide bonds. The van der Waals surface area contributed by atoms with Gasteiger partial charge in [-0.05, 0) is 56.4 Å². The van der Waals surface area contributed by atoms with E-state index in [-0.39, 0.29) is 11.5 Å². The lowest BCUT2D eigenvalue weighted by atomic mass is 9.77. The molecule has 0 radical (unpaired) electrons. The maximum atomic E-state index is 12.1. The van der Waals surface area contributed by atoms with E-state index in [1.54, 1.807) is 7.11 Å². The first-order valence-corrected chi connectivity index (χ1v) is 7.37. The van der Waals surface area contributed by atoms with Crippen LogP contribution in [0.5, 0.6) is 0 Å². The molecule has 0 bridgehead atoms. The Hall–Kier alpha value is -0.870. The third-order valence-electron chi connectivity index (χ3n) is 3.90. The van der Waals surface area contributed by atoms with Crippen molar-refractivity contribution in [1.29, 1.82) is 0 Å². The fourth-order valence-corrected chi connectivity index (χ4v) is 2.77. The smallest absolute Gasteiger partial charge is 0.227 e. The summed E-state index contributed by atoms with van der Waals surface area (Å²) >= 11 is 3.53. The van der Waals surface area contributed by atoms with Crippen molar-refractivity contribution in [2.45, 2.75) is 45.1 Å². The Morgan fingerprint density at radius 2 is 1.95 bits per heavy atom. The molecule has 0 unspecified atom stereocenters. The minimum atomic E-state index is -0.219. The molecule has 4 heteroatoms. The number of anilines is 1. The third-order valence-corrected chi connectivity index (χ3v) is 5.15. The third kappa shape index (κ3) is 3.18. The van der Waals surface area contributed by atoms with Gasteiger partial charge in [0.15, 0.2) is 0 Å². The SMILES string of the molecule is COC1(CC(=O)Nc2cc(C)c(Br)c(C)c2)CCC1. The molecule has 0 spiro atoms. The normalized spacial score (nSPS) is 16.8. The van der Waals surface area contributed by atoms with Crippen LogP contribution in [0.15, 0.2) is 16.6 Å². The molecule has 1 aromatic rings. The highest BCUT2D eigenvalue weighted by atomic mass is 79.9. The molecule has 0 aromatic heterocycles. The highest BCUT2D eigenvalue weighted by molar-refractivity contribution is 9.10. The van der Waals surface area contributed by atoms with Crippen molar-refractivity contribution in [3.63, 3.8) is 0 Å². The Morgan fingerprint density at radius 3 is 2.37 bits per heavy atom. The Labute approximate surface area is 122 Å². The quantitative estimate of drug-likeness (QED) is 0.909. The van der Waals surface area contributed by atoms with Crippen molar-refractivity contribution < 1.29 is 9.53 Å². The summed E-state index contributed by atoms with van der Waals surface area (Å²) in [4.78, 5) is 12.1. The van der Waals surface area contributed by atoms with Gasteiger partial charge in [-0.3, -0.25) is 4.79 Å². The molecule has 1 fully saturated rings. The molecule has 1 saturated carbocycles. The Balaban J connectivity index is 2.03. The number of hydrogen-bond donors (Lipinski definition) is 1. The van der Waals surface area contributed by atoms with E-state index in [2.05, 4.69) is 21.2 Å². The molecular weight excluding hydrogens is 306 g/mol. The Bertz CT molecular complexity index is 466. The van der Waals surface area contributed by atoms with Crippen LogP contribution in [0.2, 0.25) is 0 Å². The Morgan fingerprint density at radius 1 is 1.37 bits per heavy atom. The number of methoxy groups -OCH3 is 1. The maximum Gasteiger partial charge on any atom is 0.227 e. The number of nitrogens with one attached hydrogen (secondary N) is 1. The van der Waals surface area contributed by atoms with Gasteiger partial charge in [-0.2, -0.15) is 0 Å².